The van der Waals surface area contributed by atoms with Gasteiger partial charge in [0.2, 0.25) is 0 Å². The van der Waals surface area contributed by atoms with Crippen LogP contribution in [0.4, 0.5) is 0 Å². The molecule has 2 aliphatic rings. The highest BCUT2D eigenvalue weighted by molar-refractivity contribution is 5.87. The van der Waals surface area contributed by atoms with E-state index in [9.17, 15) is 4.79 Å². The van der Waals surface area contributed by atoms with Crippen molar-refractivity contribution >= 4 is 5.97 Å². The SMILES string of the molecule is CN1CCC2C(C)(C)[C@H](c3ccc(C(=O)O)cc3)CC[C@]2(C)C1. The molecule has 1 saturated carbocycles. The predicted octanol–water partition coefficient (Wildman–Crippen LogP) is 4.25. The lowest BCUT2D eigenvalue weighted by Crippen LogP contribution is -2.54. The number of aromatic carboxylic acids is 1. The molecule has 3 atom stereocenters. The summed E-state index contributed by atoms with van der Waals surface area (Å²) in [5.41, 5.74) is 2.35. The van der Waals surface area contributed by atoms with Crippen LogP contribution in [-0.4, -0.2) is 36.1 Å². The van der Waals surface area contributed by atoms with Crippen LogP contribution >= 0.6 is 0 Å². The summed E-state index contributed by atoms with van der Waals surface area (Å²) in [4.78, 5) is 13.6. The zero-order chi connectivity index (χ0) is 16.8. The molecular weight excluding hydrogens is 286 g/mol. The maximum Gasteiger partial charge on any atom is 0.335 e. The van der Waals surface area contributed by atoms with E-state index in [1.54, 1.807) is 12.1 Å². The fourth-order valence-corrected chi connectivity index (χ4v) is 5.57. The van der Waals surface area contributed by atoms with Gasteiger partial charge in [-0.15, -0.1) is 0 Å². The Balaban J connectivity index is 1.89. The first-order chi connectivity index (χ1) is 10.7. The summed E-state index contributed by atoms with van der Waals surface area (Å²) in [6.45, 7) is 9.71. The number of nitrogens with zero attached hydrogens (tertiary/aromatic N) is 1. The molecule has 1 aliphatic heterocycles. The second-order valence-electron chi connectivity index (χ2n) is 8.57. The van der Waals surface area contributed by atoms with Crippen LogP contribution < -0.4 is 0 Å². The van der Waals surface area contributed by atoms with Gasteiger partial charge in [-0.1, -0.05) is 32.9 Å². The molecule has 3 nitrogen and oxygen atoms in total. The van der Waals surface area contributed by atoms with Crippen molar-refractivity contribution < 1.29 is 9.90 Å². The molecule has 1 aromatic rings. The van der Waals surface area contributed by atoms with Crippen molar-refractivity contribution in [2.45, 2.75) is 46.0 Å². The third-order valence-corrected chi connectivity index (χ3v) is 6.63. The van der Waals surface area contributed by atoms with Crippen LogP contribution in [0.25, 0.3) is 0 Å². The molecule has 3 heteroatoms. The van der Waals surface area contributed by atoms with Crippen molar-refractivity contribution in [2.24, 2.45) is 16.7 Å². The van der Waals surface area contributed by atoms with Crippen LogP contribution in [-0.2, 0) is 0 Å². The van der Waals surface area contributed by atoms with Gasteiger partial charge in [0.15, 0.2) is 0 Å². The van der Waals surface area contributed by atoms with E-state index in [0.717, 1.165) is 5.92 Å². The van der Waals surface area contributed by atoms with E-state index in [4.69, 9.17) is 5.11 Å². The third kappa shape index (κ3) is 2.80. The lowest BCUT2D eigenvalue weighted by atomic mass is 9.49. The van der Waals surface area contributed by atoms with Gasteiger partial charge >= 0.3 is 5.97 Å². The maximum absolute atomic E-state index is 11.1. The Labute approximate surface area is 139 Å². The Kier molecular flexibility index (Phi) is 4.04. The Bertz CT molecular complexity index is 592. The van der Waals surface area contributed by atoms with Crippen molar-refractivity contribution in [1.82, 2.24) is 4.90 Å². The van der Waals surface area contributed by atoms with Gasteiger partial charge in [0.1, 0.15) is 0 Å². The number of rotatable bonds is 2. The van der Waals surface area contributed by atoms with Crippen LogP contribution in [0.5, 0.6) is 0 Å². The molecule has 0 radical (unpaired) electrons. The number of hydrogen-bond acceptors (Lipinski definition) is 2. The van der Waals surface area contributed by atoms with Gasteiger partial charge in [-0.3, -0.25) is 0 Å². The topological polar surface area (TPSA) is 40.5 Å². The van der Waals surface area contributed by atoms with Crippen LogP contribution in [0.2, 0.25) is 0 Å². The molecule has 1 aliphatic carbocycles. The average molecular weight is 315 g/mol. The van der Waals surface area contributed by atoms with Gasteiger partial charge < -0.3 is 10.0 Å². The lowest BCUT2D eigenvalue weighted by Gasteiger charge is -2.58. The number of piperidine rings is 1. The number of fused-ring (bicyclic) bond motifs is 1. The molecule has 0 amide bonds. The molecule has 1 N–H and O–H groups in total. The minimum Gasteiger partial charge on any atom is -0.478 e. The van der Waals surface area contributed by atoms with Crippen molar-refractivity contribution in [1.29, 1.82) is 0 Å². The Hall–Kier alpha value is -1.35. The molecule has 0 bridgehead atoms. The number of hydrogen-bond donors (Lipinski definition) is 1. The van der Waals surface area contributed by atoms with E-state index in [2.05, 4.69) is 32.7 Å². The quantitative estimate of drug-likeness (QED) is 0.887. The van der Waals surface area contributed by atoms with E-state index < -0.39 is 5.97 Å². The van der Waals surface area contributed by atoms with Gasteiger partial charge in [0.25, 0.3) is 0 Å². The average Bonchev–Trinajstić information content (AvgIpc) is 2.46. The minimum absolute atomic E-state index is 0.249. The van der Waals surface area contributed by atoms with Crippen molar-refractivity contribution in [3.8, 4) is 0 Å². The molecule has 1 aromatic carbocycles. The first-order valence-electron chi connectivity index (χ1n) is 8.76. The molecule has 1 saturated heterocycles. The van der Waals surface area contributed by atoms with E-state index in [1.165, 1.54) is 37.9 Å². The van der Waals surface area contributed by atoms with Crippen LogP contribution in [0.15, 0.2) is 24.3 Å². The standard InChI is InChI=1S/C20H29NO2/c1-19(2)16(14-5-7-15(8-6-14)18(22)23)9-11-20(3)13-21(4)12-10-17(19)20/h5-8,16-17H,9-13H2,1-4H3,(H,22,23)/t16-,17?,20+/m0/s1. The monoisotopic (exact) mass is 315 g/mol. The first kappa shape index (κ1) is 16.5. The zero-order valence-corrected chi connectivity index (χ0v) is 14.8. The largest absolute Gasteiger partial charge is 0.478 e. The number of carboxylic acids is 1. The molecule has 3 rings (SSSR count). The normalized spacial score (nSPS) is 33.9. The molecule has 1 heterocycles. The Morgan fingerprint density at radius 2 is 1.83 bits per heavy atom. The van der Waals surface area contributed by atoms with Gasteiger partial charge in [-0.2, -0.15) is 0 Å². The molecule has 126 valence electrons. The number of carboxylic acid groups (broad SMARTS) is 1. The fraction of sp³-hybridized carbons (Fsp3) is 0.650. The smallest absolute Gasteiger partial charge is 0.335 e. The fourth-order valence-electron chi connectivity index (χ4n) is 5.57. The van der Waals surface area contributed by atoms with Crippen molar-refractivity contribution in [3.05, 3.63) is 35.4 Å². The number of carbonyl (C=O) groups is 1. The summed E-state index contributed by atoms with van der Waals surface area (Å²) in [5.74, 6) is 0.401. The molecule has 2 fully saturated rings. The molecular formula is C20H29NO2. The van der Waals surface area contributed by atoms with Crippen LogP contribution in [0.3, 0.4) is 0 Å². The Morgan fingerprint density at radius 1 is 1.17 bits per heavy atom. The van der Waals surface area contributed by atoms with Gasteiger partial charge in [0.05, 0.1) is 5.56 Å². The molecule has 1 unspecified atom stereocenters. The second kappa shape index (κ2) is 5.62. The first-order valence-corrected chi connectivity index (χ1v) is 8.76. The summed E-state index contributed by atoms with van der Waals surface area (Å²) in [6.07, 6.45) is 3.72. The van der Waals surface area contributed by atoms with Crippen LogP contribution in [0.1, 0.15) is 61.9 Å². The predicted molar refractivity (Wildman–Crippen MR) is 92.9 cm³/mol. The van der Waals surface area contributed by atoms with E-state index in [0.29, 0.717) is 16.9 Å². The summed E-state index contributed by atoms with van der Waals surface area (Å²) in [6, 6.07) is 7.59. The molecule has 0 aromatic heterocycles. The number of benzene rings is 1. The Morgan fingerprint density at radius 3 is 2.43 bits per heavy atom. The second-order valence-corrected chi connectivity index (χ2v) is 8.57. The van der Waals surface area contributed by atoms with Crippen LogP contribution in [0, 0.1) is 16.7 Å². The third-order valence-electron chi connectivity index (χ3n) is 6.63. The lowest BCUT2D eigenvalue weighted by molar-refractivity contribution is -0.0687. The van der Waals surface area contributed by atoms with Crippen molar-refractivity contribution in [2.75, 3.05) is 20.1 Å². The molecule has 23 heavy (non-hydrogen) atoms. The zero-order valence-electron chi connectivity index (χ0n) is 14.8. The van der Waals surface area contributed by atoms with E-state index in [-0.39, 0.29) is 5.41 Å². The maximum atomic E-state index is 11.1. The van der Waals surface area contributed by atoms with E-state index in [1.807, 2.05) is 12.1 Å². The highest BCUT2D eigenvalue weighted by atomic mass is 16.4. The summed E-state index contributed by atoms with van der Waals surface area (Å²) in [5, 5.41) is 9.10. The minimum atomic E-state index is -0.845. The highest BCUT2D eigenvalue weighted by Crippen LogP contribution is 2.59. The van der Waals surface area contributed by atoms with Gasteiger partial charge in [-0.05, 0) is 73.2 Å². The summed E-state index contributed by atoms with van der Waals surface area (Å²) < 4.78 is 0. The van der Waals surface area contributed by atoms with E-state index >= 15 is 0 Å². The van der Waals surface area contributed by atoms with Crippen molar-refractivity contribution in [3.63, 3.8) is 0 Å². The summed E-state index contributed by atoms with van der Waals surface area (Å²) in [7, 11) is 2.24. The van der Waals surface area contributed by atoms with Gasteiger partial charge in [0, 0.05) is 6.54 Å². The highest BCUT2D eigenvalue weighted by Gasteiger charge is 2.52. The molecule has 0 spiro atoms. The number of likely N-dealkylation sites (tertiary alicyclic amines) is 1. The van der Waals surface area contributed by atoms with Gasteiger partial charge in [-0.25, -0.2) is 4.79 Å². The summed E-state index contributed by atoms with van der Waals surface area (Å²) >= 11 is 0.